The molecule has 0 unspecified atom stereocenters. The molecule has 2 nitrogen and oxygen atoms in total. The van der Waals surface area contributed by atoms with Crippen LogP contribution in [-0.4, -0.2) is 24.9 Å². The van der Waals surface area contributed by atoms with Gasteiger partial charge in [-0.25, -0.2) is 0 Å². The van der Waals surface area contributed by atoms with E-state index in [0.717, 1.165) is 10.9 Å². The Kier molecular flexibility index (Phi) is 4.38. The largest absolute Gasteiger partial charge is 0.345 e. The Hall–Kier alpha value is -1.61. The summed E-state index contributed by atoms with van der Waals surface area (Å²) in [5.74, 6) is 0.0203. The van der Waals surface area contributed by atoms with Gasteiger partial charge < -0.3 is 4.90 Å². The van der Waals surface area contributed by atoms with Crippen LogP contribution in [0.15, 0.2) is 53.0 Å². The third kappa shape index (κ3) is 3.44. The van der Waals surface area contributed by atoms with Crippen LogP contribution in [0.2, 0.25) is 0 Å². The maximum Gasteiger partial charge on any atom is 0.253 e. The predicted octanol–water partition coefficient (Wildman–Crippen LogP) is 3.74. The molecular weight excluding hydrogens is 302 g/mol. The Morgan fingerprint density at radius 2 is 1.79 bits per heavy atom. The van der Waals surface area contributed by atoms with Crippen molar-refractivity contribution in [2.24, 2.45) is 0 Å². The zero-order valence-corrected chi connectivity index (χ0v) is 12.6. The van der Waals surface area contributed by atoms with Gasteiger partial charge in [0.15, 0.2) is 0 Å². The quantitative estimate of drug-likeness (QED) is 0.844. The molecule has 3 heteroatoms. The monoisotopic (exact) mass is 317 g/mol. The number of amides is 1. The number of nitrogens with zero attached hydrogens (tertiary/aromatic N) is 1. The van der Waals surface area contributed by atoms with Crippen molar-refractivity contribution in [3.05, 3.63) is 69.7 Å². The number of halogens is 1. The smallest absolute Gasteiger partial charge is 0.253 e. The van der Waals surface area contributed by atoms with Gasteiger partial charge in [-0.15, -0.1) is 0 Å². The van der Waals surface area contributed by atoms with Crippen LogP contribution in [0.4, 0.5) is 0 Å². The lowest BCUT2D eigenvalue weighted by Gasteiger charge is -2.12. The molecular formula is C16H16BrNO. The van der Waals surface area contributed by atoms with E-state index in [9.17, 15) is 4.79 Å². The average molecular weight is 318 g/mol. The normalized spacial score (nSPS) is 10.3. The maximum atomic E-state index is 11.9. The highest BCUT2D eigenvalue weighted by Crippen LogP contribution is 2.22. The number of hydrogen-bond donors (Lipinski definition) is 0. The molecule has 0 fully saturated rings. The van der Waals surface area contributed by atoms with Crippen molar-refractivity contribution < 1.29 is 4.79 Å². The minimum atomic E-state index is 0.0203. The first kappa shape index (κ1) is 13.8. The van der Waals surface area contributed by atoms with Gasteiger partial charge in [-0.1, -0.05) is 52.3 Å². The second-order valence-corrected chi connectivity index (χ2v) is 5.52. The van der Waals surface area contributed by atoms with Gasteiger partial charge in [-0.3, -0.25) is 4.79 Å². The van der Waals surface area contributed by atoms with Crippen molar-refractivity contribution in [2.45, 2.75) is 6.42 Å². The van der Waals surface area contributed by atoms with Crippen LogP contribution in [0.3, 0.4) is 0 Å². The fourth-order valence-corrected chi connectivity index (χ4v) is 2.42. The Bertz CT molecular complexity index is 579. The number of benzene rings is 2. The molecule has 0 bridgehead atoms. The lowest BCUT2D eigenvalue weighted by atomic mass is 10.0. The van der Waals surface area contributed by atoms with E-state index < -0.39 is 0 Å². The molecule has 19 heavy (non-hydrogen) atoms. The first-order valence-corrected chi connectivity index (χ1v) is 6.91. The van der Waals surface area contributed by atoms with Crippen LogP contribution in [0, 0.1) is 0 Å². The second kappa shape index (κ2) is 6.02. The van der Waals surface area contributed by atoms with Gasteiger partial charge in [0.25, 0.3) is 5.91 Å². The standard InChI is InChI=1S/C16H16BrNO/c1-18(2)16(19)14-9-8-13(15(17)11-14)10-12-6-4-3-5-7-12/h3-9,11H,10H2,1-2H3. The highest BCUT2D eigenvalue weighted by atomic mass is 79.9. The summed E-state index contributed by atoms with van der Waals surface area (Å²) in [6.07, 6.45) is 0.859. The lowest BCUT2D eigenvalue weighted by Crippen LogP contribution is -2.21. The average Bonchev–Trinajstić information content (AvgIpc) is 2.41. The topological polar surface area (TPSA) is 20.3 Å². The summed E-state index contributed by atoms with van der Waals surface area (Å²) < 4.78 is 0.976. The van der Waals surface area contributed by atoms with E-state index in [-0.39, 0.29) is 5.91 Å². The van der Waals surface area contributed by atoms with Crippen LogP contribution >= 0.6 is 15.9 Å². The number of hydrogen-bond acceptors (Lipinski definition) is 1. The predicted molar refractivity (Wildman–Crippen MR) is 81.4 cm³/mol. The molecule has 0 saturated heterocycles. The molecule has 0 aliphatic rings. The molecule has 0 heterocycles. The molecule has 0 radical (unpaired) electrons. The molecule has 0 aromatic heterocycles. The zero-order chi connectivity index (χ0) is 13.8. The van der Waals surface area contributed by atoms with Crippen LogP contribution < -0.4 is 0 Å². The van der Waals surface area contributed by atoms with Gasteiger partial charge >= 0.3 is 0 Å². The number of carbonyl (C=O) groups is 1. The molecule has 98 valence electrons. The van der Waals surface area contributed by atoms with Crippen LogP contribution in [0.5, 0.6) is 0 Å². The minimum absolute atomic E-state index is 0.0203. The summed E-state index contributed by atoms with van der Waals surface area (Å²) in [5, 5.41) is 0. The molecule has 2 rings (SSSR count). The van der Waals surface area contributed by atoms with Crippen molar-refractivity contribution >= 4 is 21.8 Å². The van der Waals surface area contributed by atoms with Gasteiger partial charge in [0.1, 0.15) is 0 Å². The van der Waals surface area contributed by atoms with Gasteiger partial charge in [-0.05, 0) is 29.7 Å². The second-order valence-electron chi connectivity index (χ2n) is 4.67. The van der Waals surface area contributed by atoms with Crippen molar-refractivity contribution in [3.8, 4) is 0 Å². The molecule has 0 spiro atoms. The molecule has 0 N–H and O–H groups in total. The Morgan fingerprint density at radius 3 is 2.37 bits per heavy atom. The molecule has 0 aliphatic heterocycles. The van der Waals surface area contributed by atoms with Gasteiger partial charge in [0, 0.05) is 24.1 Å². The summed E-state index contributed by atoms with van der Waals surface area (Å²) >= 11 is 3.55. The molecule has 2 aromatic carbocycles. The molecule has 0 saturated carbocycles. The van der Waals surface area contributed by atoms with Crippen LogP contribution in [0.25, 0.3) is 0 Å². The summed E-state index contributed by atoms with van der Waals surface area (Å²) in [4.78, 5) is 13.5. The van der Waals surface area contributed by atoms with E-state index >= 15 is 0 Å². The van der Waals surface area contributed by atoms with Crippen molar-refractivity contribution in [1.29, 1.82) is 0 Å². The van der Waals surface area contributed by atoms with E-state index in [1.165, 1.54) is 11.1 Å². The minimum Gasteiger partial charge on any atom is -0.345 e. The van der Waals surface area contributed by atoms with E-state index in [4.69, 9.17) is 0 Å². The van der Waals surface area contributed by atoms with E-state index in [1.807, 2.05) is 36.4 Å². The third-order valence-corrected chi connectivity index (χ3v) is 3.68. The van der Waals surface area contributed by atoms with Gasteiger partial charge in [-0.2, -0.15) is 0 Å². The Balaban J connectivity index is 2.23. The zero-order valence-electron chi connectivity index (χ0n) is 11.1. The number of carbonyl (C=O) groups excluding carboxylic acids is 1. The van der Waals surface area contributed by atoms with E-state index in [1.54, 1.807) is 19.0 Å². The van der Waals surface area contributed by atoms with Crippen molar-refractivity contribution in [1.82, 2.24) is 4.90 Å². The highest BCUT2D eigenvalue weighted by Gasteiger charge is 2.10. The Morgan fingerprint density at radius 1 is 1.11 bits per heavy atom. The van der Waals surface area contributed by atoms with Crippen LogP contribution in [0.1, 0.15) is 21.5 Å². The van der Waals surface area contributed by atoms with Crippen molar-refractivity contribution in [3.63, 3.8) is 0 Å². The molecule has 2 aromatic rings. The summed E-state index contributed by atoms with van der Waals surface area (Å²) in [5.41, 5.74) is 3.14. The van der Waals surface area contributed by atoms with Gasteiger partial charge in [0.05, 0.1) is 0 Å². The first-order chi connectivity index (χ1) is 9.08. The fourth-order valence-electron chi connectivity index (χ4n) is 1.90. The van der Waals surface area contributed by atoms with Gasteiger partial charge in [0.2, 0.25) is 0 Å². The maximum absolute atomic E-state index is 11.9. The molecule has 1 amide bonds. The van der Waals surface area contributed by atoms with Crippen LogP contribution in [-0.2, 0) is 6.42 Å². The van der Waals surface area contributed by atoms with E-state index in [2.05, 4.69) is 28.1 Å². The SMILES string of the molecule is CN(C)C(=O)c1ccc(Cc2ccccc2)c(Br)c1. The highest BCUT2D eigenvalue weighted by molar-refractivity contribution is 9.10. The first-order valence-electron chi connectivity index (χ1n) is 6.12. The lowest BCUT2D eigenvalue weighted by molar-refractivity contribution is 0.0827. The number of rotatable bonds is 3. The Labute approximate surface area is 122 Å². The third-order valence-electron chi connectivity index (χ3n) is 2.94. The molecule has 0 aliphatic carbocycles. The van der Waals surface area contributed by atoms with E-state index in [0.29, 0.717) is 5.56 Å². The summed E-state index contributed by atoms with van der Waals surface area (Å²) in [6.45, 7) is 0. The fraction of sp³-hybridized carbons (Fsp3) is 0.188. The van der Waals surface area contributed by atoms with Crippen molar-refractivity contribution in [2.75, 3.05) is 14.1 Å². The summed E-state index contributed by atoms with van der Waals surface area (Å²) in [7, 11) is 3.52. The summed E-state index contributed by atoms with van der Waals surface area (Å²) in [6, 6.07) is 16.1. The molecule has 0 atom stereocenters.